The van der Waals surface area contributed by atoms with Gasteiger partial charge in [0.1, 0.15) is 6.10 Å². The molecule has 3 heteroatoms. The molecule has 0 aliphatic carbocycles. The molecular formula is C11H20O3. The minimum Gasteiger partial charge on any atom is -0.460 e. The number of ether oxygens (including phenoxy) is 1. The van der Waals surface area contributed by atoms with Crippen LogP contribution >= 0.6 is 0 Å². The maximum Gasteiger partial charge on any atom is 0.309 e. The van der Waals surface area contributed by atoms with E-state index in [4.69, 9.17) is 9.84 Å². The van der Waals surface area contributed by atoms with Crippen molar-refractivity contribution in [1.29, 1.82) is 0 Å². The lowest BCUT2D eigenvalue weighted by Gasteiger charge is -2.03. The zero-order valence-corrected chi connectivity index (χ0v) is 8.87. The standard InChI is InChI=1S/C11H20O3/c1-2-3-4-5-6-9-7-10(8-12)14-11(9)13/h9-10,12H,2-8H2,1H3. The fourth-order valence-electron chi connectivity index (χ4n) is 1.89. The number of aliphatic hydroxyl groups excluding tert-OH is 1. The molecule has 0 saturated carbocycles. The van der Waals surface area contributed by atoms with Crippen molar-refractivity contribution >= 4 is 5.97 Å². The van der Waals surface area contributed by atoms with Crippen LogP contribution in [0.25, 0.3) is 0 Å². The molecule has 1 saturated heterocycles. The van der Waals surface area contributed by atoms with Crippen LogP contribution in [0.3, 0.4) is 0 Å². The van der Waals surface area contributed by atoms with Crippen LogP contribution in [0, 0.1) is 5.92 Å². The molecule has 0 radical (unpaired) electrons. The van der Waals surface area contributed by atoms with Crippen LogP contribution in [0.4, 0.5) is 0 Å². The molecule has 0 spiro atoms. The van der Waals surface area contributed by atoms with Gasteiger partial charge < -0.3 is 9.84 Å². The smallest absolute Gasteiger partial charge is 0.309 e. The van der Waals surface area contributed by atoms with Crippen LogP contribution in [0.15, 0.2) is 0 Å². The molecule has 2 unspecified atom stereocenters. The second kappa shape index (κ2) is 6.02. The number of esters is 1. The minimum absolute atomic E-state index is 0.0306. The first-order valence-electron chi connectivity index (χ1n) is 5.59. The van der Waals surface area contributed by atoms with Crippen molar-refractivity contribution in [3.05, 3.63) is 0 Å². The highest BCUT2D eigenvalue weighted by atomic mass is 16.6. The number of carbonyl (C=O) groups excluding carboxylic acids is 1. The molecule has 0 aromatic carbocycles. The fourth-order valence-corrected chi connectivity index (χ4v) is 1.89. The van der Waals surface area contributed by atoms with E-state index in [0.29, 0.717) is 6.42 Å². The third kappa shape index (κ3) is 3.29. The molecule has 1 fully saturated rings. The summed E-state index contributed by atoms with van der Waals surface area (Å²) < 4.78 is 4.99. The Hall–Kier alpha value is -0.570. The quantitative estimate of drug-likeness (QED) is 0.526. The maximum absolute atomic E-state index is 11.3. The molecule has 82 valence electrons. The third-order valence-electron chi connectivity index (χ3n) is 2.77. The molecule has 1 aliphatic heterocycles. The van der Waals surface area contributed by atoms with Crippen molar-refractivity contribution in [2.45, 2.75) is 51.6 Å². The Balaban J connectivity index is 2.15. The van der Waals surface area contributed by atoms with Crippen molar-refractivity contribution in [3.8, 4) is 0 Å². The van der Waals surface area contributed by atoms with E-state index in [-0.39, 0.29) is 24.6 Å². The maximum atomic E-state index is 11.3. The number of rotatable bonds is 6. The van der Waals surface area contributed by atoms with E-state index in [2.05, 4.69) is 6.92 Å². The van der Waals surface area contributed by atoms with Crippen molar-refractivity contribution in [1.82, 2.24) is 0 Å². The average molecular weight is 200 g/mol. The van der Waals surface area contributed by atoms with Crippen LogP contribution in [-0.4, -0.2) is 23.8 Å². The van der Waals surface area contributed by atoms with Gasteiger partial charge in [-0.3, -0.25) is 4.79 Å². The summed E-state index contributed by atoms with van der Waals surface area (Å²) in [5.74, 6) is -0.0652. The van der Waals surface area contributed by atoms with E-state index in [9.17, 15) is 4.79 Å². The molecular weight excluding hydrogens is 180 g/mol. The van der Waals surface area contributed by atoms with Crippen LogP contribution in [0.1, 0.15) is 45.4 Å². The minimum atomic E-state index is -0.237. The van der Waals surface area contributed by atoms with Crippen molar-refractivity contribution < 1.29 is 14.6 Å². The Kier molecular flexibility index (Phi) is 4.94. The van der Waals surface area contributed by atoms with Crippen LogP contribution in [0.2, 0.25) is 0 Å². The van der Waals surface area contributed by atoms with Gasteiger partial charge in [0.05, 0.1) is 12.5 Å². The zero-order valence-electron chi connectivity index (χ0n) is 8.87. The van der Waals surface area contributed by atoms with E-state index in [1.54, 1.807) is 0 Å². The number of hydrogen-bond acceptors (Lipinski definition) is 3. The first kappa shape index (κ1) is 11.5. The van der Waals surface area contributed by atoms with E-state index in [1.165, 1.54) is 19.3 Å². The molecule has 0 bridgehead atoms. The van der Waals surface area contributed by atoms with E-state index in [1.807, 2.05) is 0 Å². The molecule has 1 heterocycles. The molecule has 0 aromatic rings. The molecule has 2 atom stereocenters. The number of aliphatic hydroxyl groups is 1. The van der Waals surface area contributed by atoms with E-state index >= 15 is 0 Å². The zero-order chi connectivity index (χ0) is 10.4. The molecule has 0 aromatic heterocycles. The van der Waals surface area contributed by atoms with Gasteiger partial charge in [-0.2, -0.15) is 0 Å². The predicted molar refractivity (Wildman–Crippen MR) is 53.8 cm³/mol. The lowest BCUT2D eigenvalue weighted by Crippen LogP contribution is -2.10. The van der Waals surface area contributed by atoms with Crippen molar-refractivity contribution in [2.75, 3.05) is 6.61 Å². The third-order valence-corrected chi connectivity index (χ3v) is 2.77. The number of hydrogen-bond donors (Lipinski definition) is 1. The fraction of sp³-hybridized carbons (Fsp3) is 0.909. The number of carbonyl (C=O) groups is 1. The van der Waals surface area contributed by atoms with Crippen LogP contribution in [0.5, 0.6) is 0 Å². The van der Waals surface area contributed by atoms with Gasteiger partial charge in [-0.15, -0.1) is 0 Å². The van der Waals surface area contributed by atoms with Gasteiger partial charge in [-0.05, 0) is 12.8 Å². The Labute approximate surface area is 85.5 Å². The summed E-state index contributed by atoms with van der Waals surface area (Å²) >= 11 is 0. The summed E-state index contributed by atoms with van der Waals surface area (Å²) in [7, 11) is 0. The lowest BCUT2D eigenvalue weighted by molar-refractivity contribution is -0.145. The highest BCUT2D eigenvalue weighted by molar-refractivity contribution is 5.74. The summed E-state index contributed by atoms with van der Waals surface area (Å²) in [6.45, 7) is 2.14. The first-order valence-corrected chi connectivity index (χ1v) is 5.59. The second-order valence-electron chi connectivity index (χ2n) is 4.02. The molecule has 0 amide bonds. The number of unbranched alkanes of at least 4 members (excludes halogenated alkanes) is 3. The van der Waals surface area contributed by atoms with Gasteiger partial charge in [0, 0.05) is 0 Å². The van der Waals surface area contributed by atoms with Gasteiger partial charge in [-0.1, -0.05) is 32.6 Å². The lowest BCUT2D eigenvalue weighted by atomic mass is 9.97. The van der Waals surface area contributed by atoms with Gasteiger partial charge in [-0.25, -0.2) is 0 Å². The van der Waals surface area contributed by atoms with Gasteiger partial charge in [0.25, 0.3) is 0 Å². The van der Waals surface area contributed by atoms with E-state index in [0.717, 1.165) is 12.8 Å². The molecule has 1 aliphatic rings. The highest BCUT2D eigenvalue weighted by Gasteiger charge is 2.33. The highest BCUT2D eigenvalue weighted by Crippen LogP contribution is 2.25. The Morgan fingerprint density at radius 1 is 1.43 bits per heavy atom. The molecule has 1 N–H and O–H groups in total. The molecule has 1 rings (SSSR count). The Morgan fingerprint density at radius 2 is 2.21 bits per heavy atom. The van der Waals surface area contributed by atoms with Crippen LogP contribution in [-0.2, 0) is 9.53 Å². The average Bonchev–Trinajstić information content (AvgIpc) is 2.54. The van der Waals surface area contributed by atoms with Crippen molar-refractivity contribution in [2.24, 2.45) is 5.92 Å². The summed E-state index contributed by atoms with van der Waals surface area (Å²) in [5.41, 5.74) is 0. The summed E-state index contributed by atoms with van der Waals surface area (Å²) in [5, 5.41) is 8.83. The topological polar surface area (TPSA) is 46.5 Å². The molecule has 3 nitrogen and oxygen atoms in total. The largest absolute Gasteiger partial charge is 0.460 e. The summed E-state index contributed by atoms with van der Waals surface area (Å²) in [6.07, 6.45) is 6.16. The summed E-state index contributed by atoms with van der Waals surface area (Å²) in [4.78, 5) is 11.3. The van der Waals surface area contributed by atoms with Gasteiger partial charge >= 0.3 is 5.97 Å². The van der Waals surface area contributed by atoms with Gasteiger partial charge in [0.15, 0.2) is 0 Å². The predicted octanol–water partition coefficient (Wildman–Crippen LogP) is 1.88. The van der Waals surface area contributed by atoms with E-state index < -0.39 is 0 Å². The van der Waals surface area contributed by atoms with Gasteiger partial charge in [0.2, 0.25) is 0 Å². The van der Waals surface area contributed by atoms with Crippen molar-refractivity contribution in [3.63, 3.8) is 0 Å². The molecule has 14 heavy (non-hydrogen) atoms. The monoisotopic (exact) mass is 200 g/mol. The second-order valence-corrected chi connectivity index (χ2v) is 4.02. The normalized spacial score (nSPS) is 26.6. The van der Waals surface area contributed by atoms with Crippen LogP contribution < -0.4 is 0 Å². The first-order chi connectivity index (χ1) is 6.77. The SMILES string of the molecule is CCCCCCC1CC(CO)OC1=O. The Morgan fingerprint density at radius 3 is 2.79 bits per heavy atom. The summed E-state index contributed by atoms with van der Waals surface area (Å²) in [6, 6.07) is 0. The Bertz CT molecular complexity index is 179. The number of cyclic esters (lactones) is 1.